The number of nitrogens with one attached hydrogen (secondary N) is 2. The Morgan fingerprint density at radius 3 is 2.27 bits per heavy atom. The van der Waals surface area contributed by atoms with Gasteiger partial charge in [-0.2, -0.15) is 0 Å². The molecule has 1 aromatic heterocycles. The fourth-order valence-corrected chi connectivity index (χ4v) is 3.83. The molecule has 4 rings (SSSR count). The van der Waals surface area contributed by atoms with Crippen molar-refractivity contribution in [1.29, 1.82) is 0 Å². The first-order chi connectivity index (χ1) is 14.5. The minimum Gasteiger partial charge on any atom is -0.480 e. The molecular formula is C23H20N2O5. The smallest absolute Gasteiger partial charge is 0.407 e. The lowest BCUT2D eigenvalue weighted by atomic mass is 9.98. The maximum absolute atomic E-state index is 12.3. The van der Waals surface area contributed by atoms with E-state index in [4.69, 9.17) is 4.74 Å². The highest BCUT2D eigenvalue weighted by Gasteiger charge is 2.29. The molecule has 0 saturated carbocycles. The van der Waals surface area contributed by atoms with Gasteiger partial charge in [-0.05, 0) is 33.9 Å². The summed E-state index contributed by atoms with van der Waals surface area (Å²) in [4.78, 5) is 37.8. The van der Waals surface area contributed by atoms with Crippen LogP contribution in [0.3, 0.4) is 0 Å². The van der Waals surface area contributed by atoms with Crippen molar-refractivity contribution < 1.29 is 19.4 Å². The molecule has 2 aromatic carbocycles. The second-order valence-corrected chi connectivity index (χ2v) is 7.13. The minimum atomic E-state index is -1.21. The maximum atomic E-state index is 12.3. The lowest BCUT2D eigenvalue weighted by Crippen LogP contribution is -2.43. The Kier molecular flexibility index (Phi) is 5.34. The number of hydrogen-bond donors (Lipinski definition) is 3. The van der Waals surface area contributed by atoms with Crippen LogP contribution in [0.1, 0.15) is 22.6 Å². The van der Waals surface area contributed by atoms with Crippen molar-refractivity contribution >= 4 is 12.1 Å². The number of ether oxygens (including phenoxy) is 1. The zero-order chi connectivity index (χ0) is 21.1. The van der Waals surface area contributed by atoms with Crippen molar-refractivity contribution in [1.82, 2.24) is 10.3 Å². The van der Waals surface area contributed by atoms with Crippen LogP contribution in [0.25, 0.3) is 11.1 Å². The van der Waals surface area contributed by atoms with Crippen LogP contribution >= 0.6 is 0 Å². The first-order valence-corrected chi connectivity index (χ1v) is 9.55. The molecule has 0 aliphatic heterocycles. The van der Waals surface area contributed by atoms with E-state index in [0.717, 1.165) is 22.3 Å². The van der Waals surface area contributed by atoms with E-state index in [1.54, 1.807) is 6.07 Å². The van der Waals surface area contributed by atoms with E-state index >= 15 is 0 Å². The number of carbonyl (C=O) groups is 2. The molecule has 1 amide bonds. The fraction of sp³-hybridized carbons (Fsp3) is 0.174. The van der Waals surface area contributed by atoms with Crippen LogP contribution in [0.2, 0.25) is 0 Å². The highest BCUT2D eigenvalue weighted by molar-refractivity contribution is 5.81. The number of aromatic nitrogens is 1. The normalized spacial score (nSPS) is 13.2. The van der Waals surface area contributed by atoms with Gasteiger partial charge < -0.3 is 20.1 Å². The van der Waals surface area contributed by atoms with Gasteiger partial charge in [0.15, 0.2) is 0 Å². The molecule has 0 fully saturated rings. The van der Waals surface area contributed by atoms with Crippen molar-refractivity contribution in [3.05, 3.63) is 93.9 Å². The second kappa shape index (κ2) is 8.24. The molecule has 0 saturated heterocycles. The number of carbonyl (C=O) groups excluding carboxylic acids is 1. The number of aliphatic carboxylic acids is 1. The molecule has 1 atom stereocenters. The molecule has 0 unspecified atom stereocenters. The Morgan fingerprint density at radius 1 is 1.03 bits per heavy atom. The Morgan fingerprint density at radius 2 is 1.67 bits per heavy atom. The van der Waals surface area contributed by atoms with Crippen molar-refractivity contribution in [2.45, 2.75) is 18.4 Å². The van der Waals surface area contributed by atoms with E-state index in [0.29, 0.717) is 5.56 Å². The Balaban J connectivity index is 1.44. The summed E-state index contributed by atoms with van der Waals surface area (Å²) in [5.41, 5.74) is 4.54. The number of amides is 1. The molecule has 30 heavy (non-hydrogen) atoms. The molecule has 1 aliphatic carbocycles. The van der Waals surface area contributed by atoms with Gasteiger partial charge >= 0.3 is 12.1 Å². The first-order valence-electron chi connectivity index (χ1n) is 9.55. The average Bonchev–Trinajstić information content (AvgIpc) is 3.06. The molecule has 7 heteroatoms. The van der Waals surface area contributed by atoms with Gasteiger partial charge in [0, 0.05) is 24.6 Å². The summed E-state index contributed by atoms with van der Waals surface area (Å²) >= 11 is 0. The third-order valence-corrected chi connectivity index (χ3v) is 5.21. The monoisotopic (exact) mass is 404 g/mol. The van der Waals surface area contributed by atoms with Crippen LogP contribution in [-0.4, -0.2) is 34.8 Å². The summed E-state index contributed by atoms with van der Waals surface area (Å²) in [6.45, 7) is 0.0944. The summed E-state index contributed by atoms with van der Waals surface area (Å²) in [7, 11) is 0. The maximum Gasteiger partial charge on any atom is 0.407 e. The van der Waals surface area contributed by atoms with Gasteiger partial charge in [0.05, 0.1) is 0 Å². The van der Waals surface area contributed by atoms with Crippen molar-refractivity contribution in [3.8, 4) is 11.1 Å². The number of pyridine rings is 1. The highest BCUT2D eigenvalue weighted by Crippen LogP contribution is 2.44. The van der Waals surface area contributed by atoms with E-state index in [1.165, 1.54) is 12.3 Å². The van der Waals surface area contributed by atoms with E-state index in [2.05, 4.69) is 10.3 Å². The number of benzene rings is 2. The Hall–Kier alpha value is -3.87. The molecule has 1 heterocycles. The van der Waals surface area contributed by atoms with Crippen LogP contribution in [0.5, 0.6) is 0 Å². The number of H-pyrrole nitrogens is 1. The predicted molar refractivity (Wildman–Crippen MR) is 110 cm³/mol. The van der Waals surface area contributed by atoms with E-state index in [9.17, 15) is 19.5 Å². The molecular weight excluding hydrogens is 384 g/mol. The van der Waals surface area contributed by atoms with Crippen LogP contribution in [0.4, 0.5) is 4.79 Å². The number of carboxylic acids is 1. The zero-order valence-electron chi connectivity index (χ0n) is 16.0. The number of aromatic amines is 1. The highest BCUT2D eigenvalue weighted by atomic mass is 16.5. The zero-order valence-corrected chi connectivity index (χ0v) is 16.0. The lowest BCUT2D eigenvalue weighted by molar-refractivity contribution is -0.139. The van der Waals surface area contributed by atoms with Gasteiger partial charge in [-0.3, -0.25) is 4.79 Å². The fourth-order valence-electron chi connectivity index (χ4n) is 3.83. The number of hydrogen-bond acceptors (Lipinski definition) is 4. The van der Waals surface area contributed by atoms with Gasteiger partial charge in [-0.15, -0.1) is 0 Å². The standard InChI is InChI=1S/C23H20N2O5/c26-21-12-14(9-10-24-21)11-20(22(27)28)25-23(29)30-13-19-17-7-3-1-5-15(17)16-6-2-4-8-18(16)19/h1-10,12,19-20H,11,13H2,(H,24,26)(H,25,29)(H,27,28)/t20-/m0/s1. The second-order valence-electron chi connectivity index (χ2n) is 7.13. The van der Waals surface area contributed by atoms with Gasteiger partial charge in [0.1, 0.15) is 12.6 Å². The van der Waals surface area contributed by atoms with Gasteiger partial charge in [-0.1, -0.05) is 48.5 Å². The van der Waals surface area contributed by atoms with Crippen molar-refractivity contribution in [2.75, 3.05) is 6.61 Å². The van der Waals surface area contributed by atoms with Gasteiger partial charge in [0.2, 0.25) is 5.56 Å². The summed E-state index contributed by atoms with van der Waals surface area (Å²) in [6.07, 6.45) is 0.599. The molecule has 0 spiro atoms. The van der Waals surface area contributed by atoms with E-state index in [1.807, 2.05) is 48.5 Å². The molecule has 3 aromatic rings. The first kappa shape index (κ1) is 19.4. The Labute approximate surface area is 172 Å². The summed E-state index contributed by atoms with van der Waals surface area (Å²) in [5, 5.41) is 11.8. The van der Waals surface area contributed by atoms with Gasteiger partial charge in [0.25, 0.3) is 0 Å². The topological polar surface area (TPSA) is 108 Å². The van der Waals surface area contributed by atoms with E-state index in [-0.39, 0.29) is 24.5 Å². The molecule has 152 valence electrons. The number of rotatable bonds is 6. The quantitative estimate of drug-likeness (QED) is 0.585. The van der Waals surface area contributed by atoms with Crippen LogP contribution < -0.4 is 10.9 Å². The van der Waals surface area contributed by atoms with Crippen LogP contribution in [0.15, 0.2) is 71.7 Å². The summed E-state index contributed by atoms with van der Waals surface area (Å²) < 4.78 is 5.40. The van der Waals surface area contributed by atoms with E-state index < -0.39 is 18.1 Å². The molecule has 1 aliphatic rings. The summed E-state index contributed by atoms with van der Waals surface area (Å²) in [5.74, 6) is -1.32. The largest absolute Gasteiger partial charge is 0.480 e. The summed E-state index contributed by atoms with van der Waals surface area (Å²) in [6, 6.07) is 17.6. The van der Waals surface area contributed by atoms with Crippen LogP contribution in [0, 0.1) is 0 Å². The third kappa shape index (κ3) is 3.96. The van der Waals surface area contributed by atoms with Crippen LogP contribution in [-0.2, 0) is 16.0 Å². The number of alkyl carbamates (subject to hydrolysis) is 1. The molecule has 3 N–H and O–H groups in total. The Bertz CT molecular complexity index is 1110. The minimum absolute atomic E-state index is 0.0244. The van der Waals surface area contributed by atoms with Crippen molar-refractivity contribution in [2.24, 2.45) is 0 Å². The SMILES string of the molecule is O=C(N[C@@H](Cc1cc[nH]c(=O)c1)C(=O)O)OCC1c2ccccc2-c2ccccc21. The molecule has 0 radical (unpaired) electrons. The van der Waals surface area contributed by atoms with Crippen molar-refractivity contribution in [3.63, 3.8) is 0 Å². The van der Waals surface area contributed by atoms with Gasteiger partial charge in [-0.25, -0.2) is 9.59 Å². The predicted octanol–water partition coefficient (Wildman–Crippen LogP) is 2.91. The lowest BCUT2D eigenvalue weighted by Gasteiger charge is -2.17. The molecule has 7 nitrogen and oxygen atoms in total. The number of carboxylic acid groups (broad SMARTS) is 1. The average molecular weight is 404 g/mol. The molecule has 0 bridgehead atoms. The number of fused-ring (bicyclic) bond motifs is 3. The third-order valence-electron chi connectivity index (χ3n) is 5.21.